The second kappa shape index (κ2) is 5.89. The Kier molecular flexibility index (Phi) is 3.96. The Morgan fingerprint density at radius 2 is 1.65 bits per heavy atom. The molecule has 0 saturated carbocycles. The molecule has 1 nitrogen and oxygen atoms in total. The lowest BCUT2D eigenvalue weighted by Crippen LogP contribution is -1.85. The van der Waals surface area contributed by atoms with Crippen molar-refractivity contribution in [2.24, 2.45) is 0 Å². The first-order valence-electron chi connectivity index (χ1n) is 5.54. The average Bonchev–Trinajstić information content (AvgIpc) is 2.41. The van der Waals surface area contributed by atoms with E-state index in [0.717, 1.165) is 11.1 Å². The van der Waals surface area contributed by atoms with Gasteiger partial charge in [-0.3, -0.25) is 0 Å². The standard InChI is InChI=1S/C16H14O/c1-17-13-7-11-15-10-5-6-12-16(15)14-8-3-2-4-9-14/h2-6,8-10,12H,13H2,1H3. The predicted octanol–water partition coefficient (Wildman–Crippen LogP) is 3.35. The molecule has 0 aliphatic rings. The van der Waals surface area contributed by atoms with Gasteiger partial charge in [-0.05, 0) is 17.2 Å². The van der Waals surface area contributed by atoms with Crippen LogP contribution in [-0.2, 0) is 4.74 Å². The molecule has 0 fully saturated rings. The van der Waals surface area contributed by atoms with E-state index in [1.165, 1.54) is 5.56 Å². The monoisotopic (exact) mass is 222 g/mol. The van der Waals surface area contributed by atoms with Gasteiger partial charge in [-0.25, -0.2) is 0 Å². The Labute approximate surface area is 102 Å². The molecule has 1 heteroatoms. The van der Waals surface area contributed by atoms with Crippen molar-refractivity contribution < 1.29 is 4.74 Å². The molecule has 0 amide bonds. The molecule has 0 saturated heterocycles. The summed E-state index contributed by atoms with van der Waals surface area (Å²) in [6.07, 6.45) is 0. The van der Waals surface area contributed by atoms with Crippen molar-refractivity contribution in [3.05, 3.63) is 60.2 Å². The van der Waals surface area contributed by atoms with Crippen LogP contribution in [0.15, 0.2) is 54.6 Å². The first-order valence-corrected chi connectivity index (χ1v) is 5.54. The molecule has 0 atom stereocenters. The van der Waals surface area contributed by atoms with E-state index in [2.05, 4.69) is 30.0 Å². The zero-order chi connectivity index (χ0) is 11.9. The second-order valence-corrected chi connectivity index (χ2v) is 3.65. The van der Waals surface area contributed by atoms with Crippen molar-refractivity contribution in [3.63, 3.8) is 0 Å². The number of methoxy groups -OCH3 is 1. The van der Waals surface area contributed by atoms with Crippen LogP contribution in [0, 0.1) is 11.8 Å². The third-order valence-electron chi connectivity index (χ3n) is 2.45. The van der Waals surface area contributed by atoms with Crippen molar-refractivity contribution in [1.82, 2.24) is 0 Å². The third-order valence-corrected chi connectivity index (χ3v) is 2.45. The molecule has 0 spiro atoms. The Morgan fingerprint density at radius 1 is 0.941 bits per heavy atom. The van der Waals surface area contributed by atoms with Gasteiger partial charge in [0.05, 0.1) is 0 Å². The summed E-state index contributed by atoms with van der Waals surface area (Å²) in [5.74, 6) is 6.13. The molecule has 0 aliphatic heterocycles. The number of hydrogen-bond donors (Lipinski definition) is 0. The highest BCUT2D eigenvalue weighted by molar-refractivity contribution is 5.70. The van der Waals surface area contributed by atoms with Crippen molar-refractivity contribution in [2.75, 3.05) is 13.7 Å². The lowest BCUT2D eigenvalue weighted by molar-refractivity contribution is 0.240. The van der Waals surface area contributed by atoms with Gasteiger partial charge in [-0.15, -0.1) is 0 Å². The Hall–Kier alpha value is -2.04. The van der Waals surface area contributed by atoms with Crippen LogP contribution in [0.25, 0.3) is 11.1 Å². The normalized spacial score (nSPS) is 9.47. The maximum atomic E-state index is 4.94. The fraction of sp³-hybridized carbons (Fsp3) is 0.125. The maximum Gasteiger partial charge on any atom is 0.107 e. The van der Waals surface area contributed by atoms with Gasteiger partial charge in [-0.2, -0.15) is 0 Å². The highest BCUT2D eigenvalue weighted by Crippen LogP contribution is 2.22. The largest absolute Gasteiger partial charge is 0.372 e. The van der Waals surface area contributed by atoms with Gasteiger partial charge in [-0.1, -0.05) is 60.4 Å². The number of rotatable bonds is 2. The molecule has 0 N–H and O–H groups in total. The minimum Gasteiger partial charge on any atom is -0.372 e. The lowest BCUT2D eigenvalue weighted by atomic mass is 10.0. The molecule has 0 aromatic heterocycles. The highest BCUT2D eigenvalue weighted by Gasteiger charge is 2.00. The minimum atomic E-state index is 0.461. The minimum absolute atomic E-state index is 0.461. The molecule has 0 aliphatic carbocycles. The van der Waals surface area contributed by atoms with E-state index >= 15 is 0 Å². The van der Waals surface area contributed by atoms with Crippen LogP contribution in [0.2, 0.25) is 0 Å². The van der Waals surface area contributed by atoms with Crippen LogP contribution >= 0.6 is 0 Å². The topological polar surface area (TPSA) is 9.23 Å². The summed E-state index contributed by atoms with van der Waals surface area (Å²) in [4.78, 5) is 0. The van der Waals surface area contributed by atoms with Crippen molar-refractivity contribution in [1.29, 1.82) is 0 Å². The van der Waals surface area contributed by atoms with E-state index < -0.39 is 0 Å². The summed E-state index contributed by atoms with van der Waals surface area (Å²) < 4.78 is 4.94. The average molecular weight is 222 g/mol. The zero-order valence-electron chi connectivity index (χ0n) is 9.81. The van der Waals surface area contributed by atoms with E-state index in [0.29, 0.717) is 6.61 Å². The van der Waals surface area contributed by atoms with Crippen LogP contribution in [0.4, 0.5) is 0 Å². The summed E-state index contributed by atoms with van der Waals surface area (Å²) in [6.45, 7) is 0.461. The number of ether oxygens (including phenoxy) is 1. The quantitative estimate of drug-likeness (QED) is 0.708. The molecule has 0 bridgehead atoms. The van der Waals surface area contributed by atoms with Gasteiger partial charge in [0.25, 0.3) is 0 Å². The van der Waals surface area contributed by atoms with Gasteiger partial charge < -0.3 is 4.74 Å². The van der Waals surface area contributed by atoms with Gasteiger partial charge in [0.15, 0.2) is 0 Å². The number of hydrogen-bond acceptors (Lipinski definition) is 1. The van der Waals surface area contributed by atoms with Crippen LogP contribution < -0.4 is 0 Å². The van der Waals surface area contributed by atoms with Crippen LogP contribution in [-0.4, -0.2) is 13.7 Å². The van der Waals surface area contributed by atoms with Crippen molar-refractivity contribution >= 4 is 0 Å². The molecule has 0 heterocycles. The van der Waals surface area contributed by atoms with E-state index in [1.54, 1.807) is 7.11 Å². The molecule has 2 rings (SSSR count). The molecule has 0 radical (unpaired) electrons. The van der Waals surface area contributed by atoms with E-state index in [4.69, 9.17) is 4.74 Å². The summed E-state index contributed by atoms with van der Waals surface area (Å²) in [7, 11) is 1.65. The van der Waals surface area contributed by atoms with Gasteiger partial charge in [0, 0.05) is 12.7 Å². The molecule has 0 unspecified atom stereocenters. The van der Waals surface area contributed by atoms with Gasteiger partial charge in [0.1, 0.15) is 6.61 Å². The molecular formula is C16H14O. The van der Waals surface area contributed by atoms with Crippen molar-refractivity contribution in [2.45, 2.75) is 0 Å². The Bertz CT molecular complexity index is 532. The molecule has 2 aromatic carbocycles. The first-order chi connectivity index (χ1) is 8.42. The van der Waals surface area contributed by atoms with Crippen molar-refractivity contribution in [3.8, 4) is 23.0 Å². The summed E-state index contributed by atoms with van der Waals surface area (Å²) in [6, 6.07) is 18.4. The highest BCUT2D eigenvalue weighted by atomic mass is 16.5. The van der Waals surface area contributed by atoms with Crippen LogP contribution in [0.3, 0.4) is 0 Å². The molecule has 17 heavy (non-hydrogen) atoms. The Balaban J connectivity index is 2.39. The van der Waals surface area contributed by atoms with Crippen LogP contribution in [0.5, 0.6) is 0 Å². The summed E-state index contributed by atoms with van der Waals surface area (Å²) in [5.41, 5.74) is 3.39. The fourth-order valence-electron chi connectivity index (χ4n) is 1.67. The SMILES string of the molecule is COCC#Cc1ccccc1-c1ccccc1. The smallest absolute Gasteiger partial charge is 0.107 e. The van der Waals surface area contributed by atoms with Gasteiger partial charge in [0.2, 0.25) is 0 Å². The van der Waals surface area contributed by atoms with E-state index in [1.807, 2.05) is 36.4 Å². The Morgan fingerprint density at radius 3 is 2.41 bits per heavy atom. The lowest BCUT2D eigenvalue weighted by Gasteiger charge is -2.03. The zero-order valence-corrected chi connectivity index (χ0v) is 9.81. The summed E-state index contributed by atoms with van der Waals surface area (Å²) >= 11 is 0. The molecule has 2 aromatic rings. The maximum absolute atomic E-state index is 4.94. The molecule has 84 valence electrons. The third kappa shape index (κ3) is 2.96. The number of benzene rings is 2. The second-order valence-electron chi connectivity index (χ2n) is 3.65. The van der Waals surface area contributed by atoms with Gasteiger partial charge >= 0.3 is 0 Å². The fourth-order valence-corrected chi connectivity index (χ4v) is 1.67. The molecular weight excluding hydrogens is 208 g/mol. The van der Waals surface area contributed by atoms with Crippen LogP contribution in [0.1, 0.15) is 5.56 Å². The summed E-state index contributed by atoms with van der Waals surface area (Å²) in [5, 5.41) is 0. The van der Waals surface area contributed by atoms with E-state index in [-0.39, 0.29) is 0 Å². The van der Waals surface area contributed by atoms with E-state index in [9.17, 15) is 0 Å². The first kappa shape index (κ1) is 11.4. The predicted molar refractivity (Wildman–Crippen MR) is 70.6 cm³/mol.